The molecule has 1 fully saturated rings. The van der Waals surface area contributed by atoms with Gasteiger partial charge in [-0.15, -0.1) is 0 Å². The van der Waals surface area contributed by atoms with Gasteiger partial charge in [-0.3, -0.25) is 4.99 Å². The standard InChI is InChI=1S/C19H25N3O/c1-16(17-8-3-2-4-9-17)21-19(22-13-5-6-14-22)20-12-11-18-10-7-15-23-18/h2-4,7-10,15-16H,5-6,11-14H2,1H3,(H,20,21). The third-order valence-electron chi connectivity index (χ3n) is 4.25. The predicted molar refractivity (Wildman–Crippen MR) is 93.5 cm³/mol. The quantitative estimate of drug-likeness (QED) is 0.677. The Morgan fingerprint density at radius 2 is 1.96 bits per heavy atom. The first kappa shape index (κ1) is 15.7. The molecule has 4 heteroatoms. The van der Waals surface area contributed by atoms with Gasteiger partial charge in [0, 0.05) is 26.1 Å². The molecule has 1 saturated heterocycles. The van der Waals surface area contributed by atoms with E-state index in [2.05, 4.69) is 47.5 Å². The summed E-state index contributed by atoms with van der Waals surface area (Å²) in [4.78, 5) is 7.18. The number of hydrogen-bond acceptors (Lipinski definition) is 2. The Morgan fingerprint density at radius 1 is 1.17 bits per heavy atom. The average molecular weight is 311 g/mol. The number of rotatable bonds is 5. The molecule has 0 radical (unpaired) electrons. The summed E-state index contributed by atoms with van der Waals surface area (Å²) in [5.41, 5.74) is 1.28. The highest BCUT2D eigenvalue weighted by atomic mass is 16.3. The Balaban J connectivity index is 1.65. The topological polar surface area (TPSA) is 40.8 Å². The number of furan rings is 1. The fraction of sp³-hybridized carbons (Fsp3) is 0.421. The molecular weight excluding hydrogens is 286 g/mol. The summed E-state index contributed by atoms with van der Waals surface area (Å²) in [5.74, 6) is 2.01. The first-order valence-electron chi connectivity index (χ1n) is 8.46. The number of hydrogen-bond donors (Lipinski definition) is 1. The Morgan fingerprint density at radius 3 is 2.65 bits per heavy atom. The van der Waals surface area contributed by atoms with E-state index < -0.39 is 0 Å². The molecule has 1 atom stereocenters. The minimum atomic E-state index is 0.249. The van der Waals surface area contributed by atoms with Gasteiger partial charge in [-0.2, -0.15) is 0 Å². The van der Waals surface area contributed by atoms with Gasteiger partial charge in [0.05, 0.1) is 12.3 Å². The van der Waals surface area contributed by atoms with Crippen molar-refractivity contribution in [3.05, 3.63) is 60.1 Å². The normalized spacial score (nSPS) is 16.6. The second-order valence-corrected chi connectivity index (χ2v) is 6.01. The Labute approximate surface area is 138 Å². The maximum absolute atomic E-state index is 5.39. The Hall–Kier alpha value is -2.23. The zero-order valence-corrected chi connectivity index (χ0v) is 13.7. The van der Waals surface area contributed by atoms with Crippen LogP contribution in [0.3, 0.4) is 0 Å². The molecule has 1 unspecified atom stereocenters. The molecule has 1 N–H and O–H groups in total. The molecule has 0 bridgehead atoms. The average Bonchev–Trinajstić information content (AvgIpc) is 3.28. The van der Waals surface area contributed by atoms with Crippen LogP contribution in [0, 0.1) is 0 Å². The molecule has 1 aliphatic rings. The first-order valence-corrected chi connectivity index (χ1v) is 8.46. The Bertz CT molecular complexity index is 601. The number of aliphatic imine (C=N–C) groups is 1. The molecule has 0 saturated carbocycles. The maximum atomic E-state index is 5.39. The van der Waals surface area contributed by atoms with Crippen molar-refractivity contribution in [3.8, 4) is 0 Å². The largest absolute Gasteiger partial charge is 0.469 e. The highest BCUT2D eigenvalue weighted by Crippen LogP contribution is 2.14. The molecule has 1 aromatic carbocycles. The van der Waals surface area contributed by atoms with Gasteiger partial charge in [0.15, 0.2) is 5.96 Å². The summed E-state index contributed by atoms with van der Waals surface area (Å²) in [6.07, 6.45) is 5.05. The van der Waals surface area contributed by atoms with Gasteiger partial charge < -0.3 is 14.6 Å². The van der Waals surface area contributed by atoms with E-state index in [0.717, 1.165) is 37.8 Å². The number of nitrogens with zero attached hydrogens (tertiary/aromatic N) is 2. The summed E-state index contributed by atoms with van der Waals surface area (Å²) in [5, 5.41) is 3.60. The van der Waals surface area contributed by atoms with E-state index in [9.17, 15) is 0 Å². The third-order valence-corrected chi connectivity index (χ3v) is 4.25. The summed E-state index contributed by atoms with van der Waals surface area (Å²) in [6.45, 7) is 5.11. The first-order chi connectivity index (χ1) is 11.3. The molecule has 0 amide bonds. The minimum absolute atomic E-state index is 0.249. The minimum Gasteiger partial charge on any atom is -0.469 e. The van der Waals surface area contributed by atoms with Gasteiger partial charge in [-0.25, -0.2) is 0 Å². The van der Waals surface area contributed by atoms with Crippen LogP contribution in [0.5, 0.6) is 0 Å². The molecule has 122 valence electrons. The lowest BCUT2D eigenvalue weighted by Crippen LogP contribution is -2.41. The van der Waals surface area contributed by atoms with E-state index in [4.69, 9.17) is 9.41 Å². The van der Waals surface area contributed by atoms with E-state index >= 15 is 0 Å². The SMILES string of the molecule is CC(NC(=NCCc1ccco1)N1CCCC1)c1ccccc1. The van der Waals surface area contributed by atoms with Crippen LogP contribution in [0.25, 0.3) is 0 Å². The molecule has 1 aromatic heterocycles. The monoisotopic (exact) mass is 311 g/mol. The summed E-state index contributed by atoms with van der Waals surface area (Å²) < 4.78 is 5.39. The lowest BCUT2D eigenvalue weighted by molar-refractivity contribution is 0.476. The van der Waals surface area contributed by atoms with E-state index in [1.807, 2.05) is 12.1 Å². The maximum Gasteiger partial charge on any atom is 0.194 e. The van der Waals surface area contributed by atoms with Gasteiger partial charge >= 0.3 is 0 Å². The van der Waals surface area contributed by atoms with Gasteiger partial charge in [-0.1, -0.05) is 30.3 Å². The van der Waals surface area contributed by atoms with Gasteiger partial charge in [-0.05, 0) is 37.5 Å². The van der Waals surface area contributed by atoms with Crippen LogP contribution in [-0.4, -0.2) is 30.5 Å². The second kappa shape index (κ2) is 7.86. The zero-order valence-electron chi connectivity index (χ0n) is 13.7. The summed E-state index contributed by atoms with van der Waals surface area (Å²) >= 11 is 0. The van der Waals surface area contributed by atoms with Crippen LogP contribution in [0.1, 0.15) is 37.1 Å². The van der Waals surface area contributed by atoms with E-state index in [1.165, 1.54) is 18.4 Å². The molecule has 0 spiro atoms. The van der Waals surface area contributed by atoms with Crippen LogP contribution in [-0.2, 0) is 6.42 Å². The number of guanidine groups is 1. The molecule has 2 heterocycles. The fourth-order valence-corrected chi connectivity index (χ4v) is 2.91. The molecule has 2 aromatic rings. The smallest absolute Gasteiger partial charge is 0.194 e. The van der Waals surface area contributed by atoms with Gasteiger partial charge in [0.2, 0.25) is 0 Å². The van der Waals surface area contributed by atoms with Crippen molar-refractivity contribution in [2.24, 2.45) is 4.99 Å². The molecule has 3 rings (SSSR count). The highest BCUT2D eigenvalue weighted by molar-refractivity contribution is 5.80. The lowest BCUT2D eigenvalue weighted by Gasteiger charge is -2.25. The number of likely N-dealkylation sites (tertiary alicyclic amines) is 1. The lowest BCUT2D eigenvalue weighted by atomic mass is 10.1. The van der Waals surface area contributed by atoms with Crippen LogP contribution < -0.4 is 5.32 Å². The van der Waals surface area contributed by atoms with Crippen molar-refractivity contribution in [2.75, 3.05) is 19.6 Å². The molecule has 1 aliphatic heterocycles. The molecule has 4 nitrogen and oxygen atoms in total. The number of nitrogens with one attached hydrogen (secondary N) is 1. The fourth-order valence-electron chi connectivity index (χ4n) is 2.91. The highest BCUT2D eigenvalue weighted by Gasteiger charge is 2.18. The van der Waals surface area contributed by atoms with E-state index in [0.29, 0.717) is 0 Å². The van der Waals surface area contributed by atoms with Crippen LogP contribution >= 0.6 is 0 Å². The molecule has 23 heavy (non-hydrogen) atoms. The predicted octanol–water partition coefficient (Wildman–Crippen LogP) is 3.62. The Kier molecular flexibility index (Phi) is 5.35. The zero-order chi connectivity index (χ0) is 15.9. The van der Waals surface area contributed by atoms with Crippen molar-refractivity contribution in [2.45, 2.75) is 32.2 Å². The van der Waals surface area contributed by atoms with Gasteiger partial charge in [0.1, 0.15) is 5.76 Å². The van der Waals surface area contributed by atoms with Crippen molar-refractivity contribution >= 4 is 5.96 Å². The van der Waals surface area contributed by atoms with E-state index in [-0.39, 0.29) is 6.04 Å². The van der Waals surface area contributed by atoms with Crippen molar-refractivity contribution in [1.82, 2.24) is 10.2 Å². The van der Waals surface area contributed by atoms with Crippen molar-refractivity contribution in [3.63, 3.8) is 0 Å². The molecular formula is C19H25N3O. The van der Waals surface area contributed by atoms with Crippen molar-refractivity contribution in [1.29, 1.82) is 0 Å². The molecule has 0 aliphatic carbocycles. The van der Waals surface area contributed by atoms with Crippen LogP contribution in [0.15, 0.2) is 58.1 Å². The third kappa shape index (κ3) is 4.38. The summed E-state index contributed by atoms with van der Waals surface area (Å²) in [6, 6.07) is 14.7. The number of benzene rings is 1. The van der Waals surface area contributed by atoms with Gasteiger partial charge in [0.25, 0.3) is 0 Å². The van der Waals surface area contributed by atoms with E-state index in [1.54, 1.807) is 6.26 Å². The van der Waals surface area contributed by atoms with Crippen LogP contribution in [0.4, 0.5) is 0 Å². The van der Waals surface area contributed by atoms with Crippen LogP contribution in [0.2, 0.25) is 0 Å². The second-order valence-electron chi connectivity index (χ2n) is 6.01. The van der Waals surface area contributed by atoms with Crippen molar-refractivity contribution < 1.29 is 4.42 Å². The summed E-state index contributed by atoms with van der Waals surface area (Å²) in [7, 11) is 0.